The summed E-state index contributed by atoms with van der Waals surface area (Å²) in [6.45, 7) is 9.12. The molecule has 0 aromatic carbocycles. The summed E-state index contributed by atoms with van der Waals surface area (Å²) in [4.78, 5) is 8.60. The van der Waals surface area contributed by atoms with Crippen molar-refractivity contribution in [1.82, 2.24) is 14.5 Å². The molecule has 0 aliphatic carbocycles. The van der Waals surface area contributed by atoms with Crippen LogP contribution in [0.1, 0.15) is 25.1 Å². The molecule has 5 nitrogen and oxygen atoms in total. The number of imidazole rings is 1. The molecule has 0 aliphatic heterocycles. The molecule has 0 radical (unpaired) electrons. The zero-order chi connectivity index (χ0) is 12.7. The van der Waals surface area contributed by atoms with Crippen LogP contribution in [0.25, 0.3) is 11.0 Å². The minimum atomic E-state index is 0.456. The minimum absolute atomic E-state index is 0.456. The Kier molecular flexibility index (Phi) is 2.69. The van der Waals surface area contributed by atoms with Gasteiger partial charge in [-0.3, -0.25) is 0 Å². The number of pyridine rings is 1. The number of hydrogen-bond acceptors (Lipinski definition) is 4. The number of hydrogen-bond donors (Lipinski definition) is 2. The van der Waals surface area contributed by atoms with Crippen LogP contribution >= 0.6 is 0 Å². The second-order valence-corrected chi connectivity index (χ2v) is 4.88. The summed E-state index contributed by atoms with van der Waals surface area (Å²) in [5, 5.41) is 0. The van der Waals surface area contributed by atoms with Crippen molar-refractivity contribution in [3.8, 4) is 0 Å². The van der Waals surface area contributed by atoms with E-state index in [2.05, 4.69) is 23.8 Å². The van der Waals surface area contributed by atoms with Crippen molar-refractivity contribution < 1.29 is 0 Å². The number of nitrogens with zero attached hydrogens (tertiary/aromatic N) is 3. The average molecular weight is 233 g/mol. The lowest BCUT2D eigenvalue weighted by molar-refractivity contribution is 0.537. The standard InChI is InChI=1S/C12H19N5/c1-6(2)5-17-10-7(3)8(4)15-11(13)9(10)16-12(17)14/h6H,5H2,1-4H3,(H2,13,15)(H2,14,16). The summed E-state index contributed by atoms with van der Waals surface area (Å²) in [5.74, 6) is 1.47. The van der Waals surface area contributed by atoms with Gasteiger partial charge in [0.15, 0.2) is 5.82 Å². The third-order valence-electron chi connectivity index (χ3n) is 2.97. The number of aryl methyl sites for hydroxylation is 2. The van der Waals surface area contributed by atoms with Crippen LogP contribution in [-0.4, -0.2) is 14.5 Å². The van der Waals surface area contributed by atoms with Crippen LogP contribution < -0.4 is 11.5 Å². The molecule has 2 aromatic heterocycles. The number of rotatable bonds is 2. The summed E-state index contributed by atoms with van der Waals surface area (Å²) in [7, 11) is 0. The van der Waals surface area contributed by atoms with Crippen LogP contribution in [0.4, 0.5) is 11.8 Å². The monoisotopic (exact) mass is 233 g/mol. The highest BCUT2D eigenvalue weighted by Crippen LogP contribution is 2.27. The number of aromatic nitrogens is 3. The molecular formula is C12H19N5. The van der Waals surface area contributed by atoms with Crippen molar-refractivity contribution in [3.63, 3.8) is 0 Å². The van der Waals surface area contributed by atoms with Gasteiger partial charge in [0.2, 0.25) is 5.95 Å². The topological polar surface area (TPSA) is 82.8 Å². The molecule has 0 aliphatic rings. The Morgan fingerprint density at radius 3 is 2.41 bits per heavy atom. The first kappa shape index (κ1) is 11.7. The molecule has 4 N–H and O–H groups in total. The number of nitrogen functional groups attached to an aromatic ring is 2. The van der Waals surface area contributed by atoms with E-state index in [1.165, 1.54) is 0 Å². The molecule has 5 heteroatoms. The molecule has 0 bridgehead atoms. The fraction of sp³-hybridized carbons (Fsp3) is 0.500. The van der Waals surface area contributed by atoms with Crippen LogP contribution in [0, 0.1) is 19.8 Å². The van der Waals surface area contributed by atoms with Gasteiger partial charge in [-0.05, 0) is 25.3 Å². The zero-order valence-corrected chi connectivity index (χ0v) is 10.8. The lowest BCUT2D eigenvalue weighted by atomic mass is 10.1. The number of fused-ring (bicyclic) bond motifs is 1. The van der Waals surface area contributed by atoms with Crippen LogP contribution in [-0.2, 0) is 6.54 Å². The van der Waals surface area contributed by atoms with Crippen molar-refractivity contribution in [2.45, 2.75) is 34.2 Å². The van der Waals surface area contributed by atoms with Gasteiger partial charge in [0.1, 0.15) is 5.52 Å². The van der Waals surface area contributed by atoms with Gasteiger partial charge in [0.25, 0.3) is 0 Å². The fourth-order valence-electron chi connectivity index (χ4n) is 2.07. The molecule has 0 fully saturated rings. The van der Waals surface area contributed by atoms with Gasteiger partial charge in [-0.25, -0.2) is 9.97 Å². The SMILES string of the molecule is Cc1nc(N)c2nc(N)n(CC(C)C)c2c1C. The average Bonchev–Trinajstić information content (AvgIpc) is 2.53. The Morgan fingerprint density at radius 1 is 1.18 bits per heavy atom. The largest absolute Gasteiger partial charge is 0.382 e. The summed E-state index contributed by atoms with van der Waals surface area (Å²) >= 11 is 0. The summed E-state index contributed by atoms with van der Waals surface area (Å²) in [6, 6.07) is 0. The van der Waals surface area contributed by atoms with Crippen molar-refractivity contribution in [2.24, 2.45) is 5.92 Å². The maximum Gasteiger partial charge on any atom is 0.201 e. The lowest BCUT2D eigenvalue weighted by Crippen LogP contribution is -2.09. The van der Waals surface area contributed by atoms with E-state index < -0.39 is 0 Å². The molecular weight excluding hydrogens is 214 g/mol. The second kappa shape index (κ2) is 3.91. The maximum atomic E-state index is 5.96. The molecule has 92 valence electrons. The third-order valence-corrected chi connectivity index (χ3v) is 2.97. The van der Waals surface area contributed by atoms with E-state index in [1.807, 2.05) is 18.4 Å². The molecule has 0 amide bonds. The van der Waals surface area contributed by atoms with Crippen LogP contribution in [0.2, 0.25) is 0 Å². The van der Waals surface area contributed by atoms with Crippen molar-refractivity contribution >= 4 is 22.8 Å². The molecule has 0 saturated heterocycles. The Hall–Kier alpha value is -1.78. The highest BCUT2D eigenvalue weighted by atomic mass is 15.2. The molecule has 0 spiro atoms. The zero-order valence-electron chi connectivity index (χ0n) is 10.8. The molecule has 0 saturated carbocycles. The number of nitrogens with two attached hydrogens (primary N) is 2. The Morgan fingerprint density at radius 2 is 1.82 bits per heavy atom. The van der Waals surface area contributed by atoms with Crippen molar-refractivity contribution in [1.29, 1.82) is 0 Å². The molecule has 0 unspecified atom stereocenters. The first-order chi connectivity index (χ1) is 7.91. The first-order valence-corrected chi connectivity index (χ1v) is 5.80. The van der Waals surface area contributed by atoms with Crippen LogP contribution in [0.5, 0.6) is 0 Å². The molecule has 17 heavy (non-hydrogen) atoms. The van der Waals surface area contributed by atoms with Gasteiger partial charge < -0.3 is 16.0 Å². The Bertz CT molecular complexity index is 568. The van der Waals surface area contributed by atoms with Crippen molar-refractivity contribution in [3.05, 3.63) is 11.3 Å². The van der Waals surface area contributed by atoms with E-state index in [9.17, 15) is 0 Å². The predicted molar refractivity (Wildman–Crippen MR) is 70.7 cm³/mol. The van der Waals surface area contributed by atoms with Gasteiger partial charge in [0, 0.05) is 12.2 Å². The fourth-order valence-corrected chi connectivity index (χ4v) is 2.07. The highest BCUT2D eigenvalue weighted by molar-refractivity contribution is 5.90. The smallest absolute Gasteiger partial charge is 0.201 e. The molecule has 2 aromatic rings. The van der Waals surface area contributed by atoms with Crippen LogP contribution in [0.15, 0.2) is 0 Å². The van der Waals surface area contributed by atoms with E-state index in [0.29, 0.717) is 23.2 Å². The van der Waals surface area contributed by atoms with Crippen molar-refractivity contribution in [2.75, 3.05) is 11.5 Å². The maximum absolute atomic E-state index is 5.96. The summed E-state index contributed by atoms with van der Waals surface area (Å²) in [6.07, 6.45) is 0. The van der Waals surface area contributed by atoms with Gasteiger partial charge in [-0.15, -0.1) is 0 Å². The highest BCUT2D eigenvalue weighted by Gasteiger charge is 2.16. The van der Waals surface area contributed by atoms with E-state index in [0.717, 1.165) is 23.3 Å². The van der Waals surface area contributed by atoms with Gasteiger partial charge in [-0.1, -0.05) is 13.8 Å². The summed E-state index contributed by atoms with van der Waals surface area (Å²) in [5.41, 5.74) is 15.6. The van der Waals surface area contributed by atoms with E-state index in [4.69, 9.17) is 11.5 Å². The van der Waals surface area contributed by atoms with E-state index >= 15 is 0 Å². The minimum Gasteiger partial charge on any atom is -0.382 e. The lowest BCUT2D eigenvalue weighted by Gasteiger charge is -2.11. The first-order valence-electron chi connectivity index (χ1n) is 5.80. The van der Waals surface area contributed by atoms with Crippen LogP contribution in [0.3, 0.4) is 0 Å². The normalized spacial score (nSPS) is 11.6. The quantitative estimate of drug-likeness (QED) is 0.829. The Labute approximate surface area is 101 Å². The van der Waals surface area contributed by atoms with Gasteiger partial charge in [0.05, 0.1) is 5.52 Å². The molecule has 2 rings (SSSR count). The second-order valence-electron chi connectivity index (χ2n) is 4.88. The molecule has 0 atom stereocenters. The van der Waals surface area contributed by atoms with Gasteiger partial charge in [-0.2, -0.15) is 0 Å². The summed E-state index contributed by atoms with van der Waals surface area (Å²) < 4.78 is 2.03. The third kappa shape index (κ3) is 1.81. The predicted octanol–water partition coefficient (Wildman–Crippen LogP) is 1.87. The number of anilines is 2. The van der Waals surface area contributed by atoms with Gasteiger partial charge >= 0.3 is 0 Å². The Balaban J connectivity index is 2.79. The molecule has 2 heterocycles. The van der Waals surface area contributed by atoms with E-state index in [-0.39, 0.29) is 0 Å². The van der Waals surface area contributed by atoms with E-state index in [1.54, 1.807) is 0 Å².